The van der Waals surface area contributed by atoms with Gasteiger partial charge in [0.05, 0.1) is 0 Å². The second-order valence-electron chi connectivity index (χ2n) is 4.70. The molecule has 0 saturated heterocycles. The van der Waals surface area contributed by atoms with Crippen LogP contribution in [0, 0.1) is 11.6 Å². The van der Waals surface area contributed by atoms with Crippen LogP contribution >= 0.6 is 0 Å². The van der Waals surface area contributed by atoms with Crippen LogP contribution in [0.5, 0.6) is 0 Å². The Balaban J connectivity index is 2.20. The van der Waals surface area contributed by atoms with Gasteiger partial charge in [-0.2, -0.15) is 0 Å². The van der Waals surface area contributed by atoms with Gasteiger partial charge in [0.25, 0.3) is 0 Å². The van der Waals surface area contributed by atoms with Crippen molar-refractivity contribution in [2.24, 2.45) is 7.05 Å². The highest BCUT2D eigenvalue weighted by atomic mass is 19.2. The molecule has 1 heterocycles. The predicted molar refractivity (Wildman–Crippen MR) is 78.4 cm³/mol. The van der Waals surface area contributed by atoms with Gasteiger partial charge in [-0.1, -0.05) is 36.4 Å². The first kappa shape index (κ1) is 13.3. The highest BCUT2D eigenvalue weighted by Gasteiger charge is 2.19. The van der Waals surface area contributed by atoms with E-state index in [0.717, 1.165) is 11.6 Å². The van der Waals surface area contributed by atoms with Gasteiger partial charge in [-0.05, 0) is 12.1 Å². The Hall–Kier alpha value is -2.69. The van der Waals surface area contributed by atoms with Gasteiger partial charge in [0.1, 0.15) is 17.3 Å². The first-order chi connectivity index (χ1) is 10.1. The maximum absolute atomic E-state index is 13.9. The summed E-state index contributed by atoms with van der Waals surface area (Å²) in [7, 11) is 1.74. The molecule has 21 heavy (non-hydrogen) atoms. The van der Waals surface area contributed by atoms with Gasteiger partial charge < -0.3 is 10.3 Å². The summed E-state index contributed by atoms with van der Waals surface area (Å²) < 4.78 is 29.0. The minimum absolute atomic E-state index is 0.0604. The van der Waals surface area contributed by atoms with Crippen molar-refractivity contribution in [1.82, 2.24) is 9.55 Å². The Kier molecular flexibility index (Phi) is 3.17. The number of anilines is 1. The fourth-order valence-electron chi connectivity index (χ4n) is 2.24. The molecular formula is C16H13F2N3. The molecule has 2 aromatic carbocycles. The van der Waals surface area contributed by atoms with Crippen molar-refractivity contribution in [3.63, 3.8) is 0 Å². The average Bonchev–Trinajstić information content (AvgIpc) is 2.79. The van der Waals surface area contributed by atoms with Gasteiger partial charge in [-0.15, -0.1) is 0 Å². The SMILES string of the molecule is Cn1c(-c2ccccc2)nc(-c2cccc(F)c2F)c1N. The predicted octanol–water partition coefficient (Wildman–Crippen LogP) is 3.61. The van der Waals surface area contributed by atoms with E-state index in [1.54, 1.807) is 11.6 Å². The van der Waals surface area contributed by atoms with Gasteiger partial charge in [0.2, 0.25) is 0 Å². The number of hydrogen-bond acceptors (Lipinski definition) is 2. The third-order valence-electron chi connectivity index (χ3n) is 3.38. The highest BCUT2D eigenvalue weighted by molar-refractivity contribution is 5.75. The van der Waals surface area contributed by atoms with E-state index in [1.165, 1.54) is 12.1 Å². The van der Waals surface area contributed by atoms with Crippen LogP contribution in [0.3, 0.4) is 0 Å². The third-order valence-corrected chi connectivity index (χ3v) is 3.38. The number of nitrogens with two attached hydrogens (primary N) is 1. The van der Waals surface area contributed by atoms with E-state index in [0.29, 0.717) is 11.6 Å². The summed E-state index contributed by atoms with van der Waals surface area (Å²) in [6, 6.07) is 13.4. The van der Waals surface area contributed by atoms with E-state index in [1.807, 2.05) is 30.3 Å². The molecule has 0 aliphatic rings. The Bertz CT molecular complexity index is 795. The lowest BCUT2D eigenvalue weighted by Gasteiger charge is -2.03. The van der Waals surface area contributed by atoms with Crippen LogP contribution in [0.15, 0.2) is 48.5 Å². The first-order valence-electron chi connectivity index (χ1n) is 6.41. The number of benzene rings is 2. The van der Waals surface area contributed by atoms with Gasteiger partial charge in [0, 0.05) is 18.2 Å². The topological polar surface area (TPSA) is 43.8 Å². The second kappa shape index (κ2) is 5.01. The van der Waals surface area contributed by atoms with Crippen molar-refractivity contribution in [2.75, 3.05) is 5.73 Å². The van der Waals surface area contributed by atoms with E-state index in [4.69, 9.17) is 5.73 Å². The minimum Gasteiger partial charge on any atom is -0.383 e. The van der Waals surface area contributed by atoms with Crippen molar-refractivity contribution in [3.05, 3.63) is 60.2 Å². The standard InChI is InChI=1S/C16H13F2N3/c1-21-15(19)14(11-8-5-9-12(17)13(11)18)20-16(21)10-6-3-2-4-7-10/h2-9H,19H2,1H3. The van der Waals surface area contributed by atoms with Gasteiger partial charge in [-0.25, -0.2) is 13.8 Å². The summed E-state index contributed by atoms with van der Waals surface area (Å²) >= 11 is 0. The van der Waals surface area contributed by atoms with Crippen molar-refractivity contribution >= 4 is 5.82 Å². The fraction of sp³-hybridized carbons (Fsp3) is 0.0625. The smallest absolute Gasteiger partial charge is 0.168 e. The summed E-state index contributed by atoms with van der Waals surface area (Å²) in [5, 5.41) is 0. The molecule has 0 amide bonds. The van der Waals surface area contributed by atoms with Gasteiger partial charge in [0.15, 0.2) is 11.6 Å². The van der Waals surface area contributed by atoms with Crippen LogP contribution in [0.2, 0.25) is 0 Å². The normalized spacial score (nSPS) is 10.8. The molecule has 0 aliphatic carbocycles. The van der Waals surface area contributed by atoms with Crippen LogP contribution < -0.4 is 5.73 Å². The molecular weight excluding hydrogens is 272 g/mol. The number of aromatic nitrogens is 2. The Morgan fingerprint density at radius 2 is 1.71 bits per heavy atom. The summed E-state index contributed by atoms with van der Waals surface area (Å²) in [6.07, 6.45) is 0. The van der Waals surface area contributed by atoms with Crippen molar-refractivity contribution in [1.29, 1.82) is 0 Å². The molecule has 106 valence electrons. The van der Waals surface area contributed by atoms with Crippen LogP contribution in [-0.4, -0.2) is 9.55 Å². The number of nitrogen functional groups attached to an aromatic ring is 1. The van der Waals surface area contributed by atoms with Crippen molar-refractivity contribution in [3.8, 4) is 22.6 Å². The molecule has 3 nitrogen and oxygen atoms in total. The van der Waals surface area contributed by atoms with Gasteiger partial charge in [-0.3, -0.25) is 0 Å². The lowest BCUT2D eigenvalue weighted by molar-refractivity contribution is 0.511. The molecule has 3 aromatic rings. The lowest BCUT2D eigenvalue weighted by Crippen LogP contribution is -1.99. The van der Waals surface area contributed by atoms with E-state index < -0.39 is 11.6 Å². The molecule has 5 heteroatoms. The quantitative estimate of drug-likeness (QED) is 0.781. The first-order valence-corrected chi connectivity index (χ1v) is 6.41. The van der Waals surface area contributed by atoms with E-state index in [-0.39, 0.29) is 11.3 Å². The second-order valence-corrected chi connectivity index (χ2v) is 4.70. The molecule has 0 fully saturated rings. The Labute approximate surface area is 120 Å². The van der Waals surface area contributed by atoms with Crippen LogP contribution in [0.25, 0.3) is 22.6 Å². The number of nitrogens with zero attached hydrogens (tertiary/aromatic N) is 2. The molecule has 0 saturated carbocycles. The van der Waals surface area contributed by atoms with Crippen molar-refractivity contribution in [2.45, 2.75) is 0 Å². The molecule has 1 aromatic heterocycles. The average molecular weight is 285 g/mol. The maximum Gasteiger partial charge on any atom is 0.168 e. The highest BCUT2D eigenvalue weighted by Crippen LogP contribution is 2.32. The number of hydrogen-bond donors (Lipinski definition) is 1. The summed E-state index contributed by atoms with van der Waals surface area (Å²) in [4.78, 5) is 4.38. The molecule has 0 bridgehead atoms. The zero-order valence-corrected chi connectivity index (χ0v) is 11.3. The monoisotopic (exact) mass is 285 g/mol. The fourth-order valence-corrected chi connectivity index (χ4v) is 2.24. The molecule has 3 rings (SSSR count). The Morgan fingerprint density at radius 1 is 1.00 bits per heavy atom. The molecule has 0 spiro atoms. The van der Waals surface area contributed by atoms with Crippen LogP contribution in [-0.2, 0) is 7.05 Å². The van der Waals surface area contributed by atoms with E-state index >= 15 is 0 Å². The number of halogens is 2. The van der Waals surface area contributed by atoms with Crippen LogP contribution in [0.4, 0.5) is 14.6 Å². The summed E-state index contributed by atoms with van der Waals surface area (Å²) in [5.41, 5.74) is 7.16. The zero-order chi connectivity index (χ0) is 15.0. The third kappa shape index (κ3) is 2.16. The number of rotatable bonds is 2. The molecule has 0 aliphatic heterocycles. The van der Waals surface area contributed by atoms with Crippen LogP contribution in [0.1, 0.15) is 0 Å². The molecule has 2 N–H and O–H groups in total. The van der Waals surface area contributed by atoms with Crippen molar-refractivity contribution < 1.29 is 8.78 Å². The largest absolute Gasteiger partial charge is 0.383 e. The molecule has 0 atom stereocenters. The summed E-state index contributed by atoms with van der Waals surface area (Å²) in [5.74, 6) is -0.967. The molecule has 0 radical (unpaired) electrons. The van der Waals surface area contributed by atoms with Gasteiger partial charge >= 0.3 is 0 Å². The molecule has 0 unspecified atom stereocenters. The maximum atomic E-state index is 13.9. The lowest BCUT2D eigenvalue weighted by atomic mass is 10.1. The number of imidazole rings is 1. The minimum atomic E-state index is -0.943. The zero-order valence-electron chi connectivity index (χ0n) is 11.3. The van der Waals surface area contributed by atoms with E-state index in [2.05, 4.69) is 4.98 Å². The Morgan fingerprint density at radius 3 is 2.43 bits per heavy atom. The van der Waals surface area contributed by atoms with E-state index in [9.17, 15) is 8.78 Å². The summed E-state index contributed by atoms with van der Waals surface area (Å²) in [6.45, 7) is 0.